The number of carbonyl (C=O) groups excluding carboxylic acids is 1. The molecule has 0 saturated carbocycles. The zero-order valence-corrected chi connectivity index (χ0v) is 8.99. The van der Waals surface area contributed by atoms with E-state index < -0.39 is 0 Å². The molecule has 0 fully saturated rings. The first-order valence-electron chi connectivity index (χ1n) is 4.57. The number of carbonyl (C=O) groups is 1. The zero-order chi connectivity index (χ0) is 11.0. The van der Waals surface area contributed by atoms with Crippen LogP contribution in [-0.2, 0) is 9.53 Å². The summed E-state index contributed by atoms with van der Waals surface area (Å²) in [5, 5.41) is 0. The van der Waals surface area contributed by atoms with Gasteiger partial charge in [-0.25, -0.2) is 0 Å². The molecule has 0 aliphatic carbocycles. The molecule has 78 valence electrons. The topological polar surface area (TPSA) is 38.7 Å². The van der Waals surface area contributed by atoms with E-state index in [1.807, 2.05) is 19.1 Å². The first kappa shape index (κ1) is 12.6. The average molecular weight is 195 g/mol. The summed E-state index contributed by atoms with van der Waals surface area (Å²) in [5.41, 5.74) is 0.650. The molecule has 14 heavy (non-hydrogen) atoms. The largest absolute Gasteiger partial charge is 0.459 e. The molecular weight excluding hydrogens is 178 g/mol. The summed E-state index contributed by atoms with van der Waals surface area (Å²) in [4.78, 5) is 14.8. The molecule has 0 aliphatic rings. The molecule has 0 aromatic heterocycles. The van der Waals surface area contributed by atoms with E-state index in [1.165, 1.54) is 0 Å². The maximum absolute atomic E-state index is 11.1. The Labute approximate surface area is 85.2 Å². The molecule has 0 atom stereocenters. The zero-order valence-electron chi connectivity index (χ0n) is 8.99. The summed E-state index contributed by atoms with van der Waals surface area (Å²) in [5.74, 6) is -0.331. The van der Waals surface area contributed by atoms with Gasteiger partial charge >= 0.3 is 5.97 Å². The lowest BCUT2D eigenvalue weighted by Crippen LogP contribution is -2.12. The fourth-order valence-electron chi connectivity index (χ4n) is 0.665. The highest BCUT2D eigenvalue weighted by molar-refractivity contribution is 5.71. The van der Waals surface area contributed by atoms with Crippen molar-refractivity contribution in [3.63, 3.8) is 0 Å². The van der Waals surface area contributed by atoms with Crippen LogP contribution in [0.15, 0.2) is 28.9 Å². The summed E-state index contributed by atoms with van der Waals surface area (Å²) in [7, 11) is 0. The lowest BCUT2D eigenvalue weighted by molar-refractivity contribution is -0.146. The van der Waals surface area contributed by atoms with Gasteiger partial charge in [-0.15, -0.1) is 0 Å². The Morgan fingerprint density at radius 3 is 2.64 bits per heavy atom. The molecule has 0 rings (SSSR count). The van der Waals surface area contributed by atoms with Gasteiger partial charge in [-0.1, -0.05) is 26.0 Å². The molecule has 3 heteroatoms. The minimum Gasteiger partial charge on any atom is -0.459 e. The van der Waals surface area contributed by atoms with Crippen molar-refractivity contribution in [1.82, 2.24) is 0 Å². The Morgan fingerprint density at radius 1 is 1.57 bits per heavy atom. The van der Waals surface area contributed by atoms with Gasteiger partial charge in [-0.05, 0) is 19.7 Å². The van der Waals surface area contributed by atoms with Crippen LogP contribution >= 0.6 is 0 Å². The monoisotopic (exact) mass is 195 g/mol. The van der Waals surface area contributed by atoms with Gasteiger partial charge in [0.05, 0.1) is 11.6 Å². The van der Waals surface area contributed by atoms with Crippen LogP contribution in [0.3, 0.4) is 0 Å². The molecule has 0 N–H and O–H groups in total. The van der Waals surface area contributed by atoms with Crippen molar-refractivity contribution in [3.8, 4) is 0 Å². The molecule has 0 bridgehead atoms. The number of aliphatic imine (C=N–C) groups is 1. The first-order chi connectivity index (χ1) is 6.61. The Hall–Kier alpha value is -1.38. The van der Waals surface area contributed by atoms with Gasteiger partial charge in [-0.2, -0.15) is 0 Å². The van der Waals surface area contributed by atoms with E-state index in [9.17, 15) is 4.79 Å². The number of allylic oxidation sites excluding steroid dienone is 3. The Kier molecular flexibility index (Phi) is 6.37. The van der Waals surface area contributed by atoms with Gasteiger partial charge < -0.3 is 4.74 Å². The van der Waals surface area contributed by atoms with Crippen LogP contribution in [0.5, 0.6) is 0 Å². The summed E-state index contributed by atoms with van der Waals surface area (Å²) in [6.07, 6.45) is 5.46. The summed E-state index contributed by atoms with van der Waals surface area (Å²) >= 11 is 0. The van der Waals surface area contributed by atoms with Crippen LogP contribution in [0, 0.1) is 5.92 Å². The third kappa shape index (κ3) is 5.30. The standard InChI is InChI=1S/C11H17NO2/c1-5-6-7-10(12-4)8-14-11(13)9(2)3/h5-7,9H,4,8H2,1-3H3/b6-5-,10-7-. The molecule has 0 spiro atoms. The second-order valence-electron chi connectivity index (χ2n) is 3.10. The Bertz CT molecular complexity index is 252. The fraction of sp³-hybridized carbons (Fsp3) is 0.455. The van der Waals surface area contributed by atoms with E-state index in [0.717, 1.165) is 0 Å². The van der Waals surface area contributed by atoms with Crippen LogP contribution in [0.4, 0.5) is 0 Å². The molecule has 0 aromatic rings. The van der Waals surface area contributed by atoms with Crippen LogP contribution in [0.2, 0.25) is 0 Å². The predicted molar refractivity (Wildman–Crippen MR) is 58.2 cm³/mol. The van der Waals surface area contributed by atoms with Crippen molar-refractivity contribution in [2.75, 3.05) is 6.61 Å². The molecule has 0 amide bonds. The van der Waals surface area contributed by atoms with Crippen molar-refractivity contribution >= 4 is 12.7 Å². The van der Waals surface area contributed by atoms with Crippen LogP contribution < -0.4 is 0 Å². The third-order valence-corrected chi connectivity index (χ3v) is 1.52. The lowest BCUT2D eigenvalue weighted by atomic mass is 10.2. The molecule has 0 aliphatic heterocycles. The highest BCUT2D eigenvalue weighted by atomic mass is 16.5. The van der Waals surface area contributed by atoms with Gasteiger partial charge in [0, 0.05) is 0 Å². The minimum absolute atomic E-state index is 0.109. The SMILES string of the molecule is C=N/C(=C\C=C/C)COC(=O)C(C)C. The second kappa shape index (κ2) is 7.06. The van der Waals surface area contributed by atoms with E-state index in [0.29, 0.717) is 5.70 Å². The first-order valence-corrected chi connectivity index (χ1v) is 4.57. The summed E-state index contributed by atoms with van der Waals surface area (Å²) in [6.45, 7) is 9.06. The summed E-state index contributed by atoms with van der Waals surface area (Å²) in [6, 6.07) is 0. The van der Waals surface area contributed by atoms with Crippen LogP contribution in [-0.4, -0.2) is 19.3 Å². The van der Waals surface area contributed by atoms with E-state index >= 15 is 0 Å². The number of esters is 1. The Morgan fingerprint density at radius 2 is 2.21 bits per heavy atom. The van der Waals surface area contributed by atoms with Crippen molar-refractivity contribution in [2.45, 2.75) is 20.8 Å². The smallest absolute Gasteiger partial charge is 0.308 e. The number of nitrogens with zero attached hydrogens (tertiary/aromatic N) is 1. The van der Waals surface area contributed by atoms with Gasteiger partial charge in [-0.3, -0.25) is 9.79 Å². The molecular formula is C11H17NO2. The van der Waals surface area contributed by atoms with Crippen LogP contribution in [0.25, 0.3) is 0 Å². The lowest BCUT2D eigenvalue weighted by Gasteiger charge is -2.06. The van der Waals surface area contributed by atoms with E-state index in [1.54, 1.807) is 19.9 Å². The van der Waals surface area contributed by atoms with Gasteiger partial charge in [0.25, 0.3) is 0 Å². The van der Waals surface area contributed by atoms with E-state index in [-0.39, 0.29) is 18.5 Å². The maximum atomic E-state index is 11.1. The predicted octanol–water partition coefficient (Wildman–Crippen LogP) is 2.35. The maximum Gasteiger partial charge on any atom is 0.308 e. The van der Waals surface area contributed by atoms with E-state index in [4.69, 9.17) is 4.74 Å². The van der Waals surface area contributed by atoms with Crippen molar-refractivity contribution < 1.29 is 9.53 Å². The second-order valence-corrected chi connectivity index (χ2v) is 3.10. The van der Waals surface area contributed by atoms with E-state index in [2.05, 4.69) is 11.7 Å². The molecule has 0 unspecified atom stereocenters. The molecule has 0 aromatic carbocycles. The number of rotatable bonds is 5. The minimum atomic E-state index is -0.222. The van der Waals surface area contributed by atoms with Crippen LogP contribution in [0.1, 0.15) is 20.8 Å². The quantitative estimate of drug-likeness (QED) is 0.383. The number of hydrogen-bond donors (Lipinski definition) is 0. The van der Waals surface area contributed by atoms with Gasteiger partial charge in [0.2, 0.25) is 0 Å². The summed E-state index contributed by atoms with van der Waals surface area (Å²) < 4.78 is 4.98. The number of hydrogen-bond acceptors (Lipinski definition) is 3. The van der Waals surface area contributed by atoms with Crippen molar-refractivity contribution in [3.05, 3.63) is 23.9 Å². The Balaban J connectivity index is 4.09. The molecule has 0 heterocycles. The average Bonchev–Trinajstić information content (AvgIpc) is 2.17. The van der Waals surface area contributed by atoms with Gasteiger partial charge in [0.15, 0.2) is 0 Å². The third-order valence-electron chi connectivity index (χ3n) is 1.52. The molecule has 0 radical (unpaired) electrons. The highest BCUT2D eigenvalue weighted by Gasteiger charge is 2.08. The van der Waals surface area contributed by atoms with Gasteiger partial charge in [0.1, 0.15) is 6.61 Å². The highest BCUT2D eigenvalue weighted by Crippen LogP contribution is 2.01. The fourth-order valence-corrected chi connectivity index (χ4v) is 0.665. The molecule has 3 nitrogen and oxygen atoms in total. The molecule has 0 saturated heterocycles. The number of ether oxygens (including phenoxy) is 1. The van der Waals surface area contributed by atoms with Crippen molar-refractivity contribution in [1.29, 1.82) is 0 Å². The normalized spacial score (nSPS) is 12.1. The van der Waals surface area contributed by atoms with Crippen molar-refractivity contribution in [2.24, 2.45) is 10.9 Å².